The molecule has 0 spiro atoms. The molecule has 0 atom stereocenters. The van der Waals surface area contributed by atoms with Crippen molar-refractivity contribution < 1.29 is 4.74 Å². The van der Waals surface area contributed by atoms with Crippen molar-refractivity contribution in [1.82, 2.24) is 5.32 Å². The van der Waals surface area contributed by atoms with Crippen LogP contribution in [0.2, 0.25) is 0 Å². The van der Waals surface area contributed by atoms with Crippen LogP contribution in [0, 0.1) is 6.92 Å². The maximum Gasteiger partial charge on any atom is 0.210 e. The lowest BCUT2D eigenvalue weighted by Crippen LogP contribution is -2.14. The molecular formula is C11H16N2O. The minimum atomic E-state index is 0.592. The first kappa shape index (κ1) is 10.4. The lowest BCUT2D eigenvalue weighted by molar-refractivity contribution is 0.270. The molecule has 0 aliphatic heterocycles. The van der Waals surface area contributed by atoms with Crippen LogP contribution in [0.1, 0.15) is 11.1 Å². The van der Waals surface area contributed by atoms with Gasteiger partial charge in [0.15, 0.2) is 0 Å². The Kier molecular flexibility index (Phi) is 3.40. The van der Waals surface area contributed by atoms with Gasteiger partial charge in [0, 0.05) is 12.6 Å². The molecule has 3 N–H and O–H groups in total. The van der Waals surface area contributed by atoms with Gasteiger partial charge in [-0.2, -0.15) is 0 Å². The Balaban J connectivity index is 3.04. The van der Waals surface area contributed by atoms with Gasteiger partial charge in [-0.3, -0.25) is 0 Å². The van der Waals surface area contributed by atoms with E-state index in [2.05, 4.69) is 5.32 Å². The predicted molar refractivity (Wildman–Crippen MR) is 58.4 cm³/mol. The summed E-state index contributed by atoms with van der Waals surface area (Å²) in [7, 11) is 3.37. The number of benzene rings is 1. The van der Waals surface area contributed by atoms with Crippen molar-refractivity contribution in [3.8, 4) is 0 Å². The number of ether oxygens (including phenoxy) is 1. The Labute approximate surface area is 84.6 Å². The van der Waals surface area contributed by atoms with Gasteiger partial charge in [0.05, 0.1) is 12.8 Å². The number of rotatable bonds is 3. The molecule has 3 heteroatoms. The molecule has 1 aromatic carbocycles. The van der Waals surface area contributed by atoms with Crippen molar-refractivity contribution in [1.29, 1.82) is 0 Å². The summed E-state index contributed by atoms with van der Waals surface area (Å²) in [5, 5.41) is 2.90. The maximum atomic E-state index is 5.90. The highest BCUT2D eigenvalue weighted by molar-refractivity contribution is 5.64. The summed E-state index contributed by atoms with van der Waals surface area (Å²) in [6.45, 7) is 2.04. The van der Waals surface area contributed by atoms with E-state index in [4.69, 9.17) is 10.5 Å². The third kappa shape index (κ3) is 2.19. The Morgan fingerprint density at radius 3 is 2.29 bits per heavy atom. The molecule has 0 aliphatic rings. The Bertz CT molecular complexity index is 322. The zero-order valence-electron chi connectivity index (χ0n) is 8.79. The molecule has 0 saturated carbocycles. The van der Waals surface area contributed by atoms with Gasteiger partial charge < -0.3 is 15.8 Å². The zero-order chi connectivity index (χ0) is 10.6. The molecular weight excluding hydrogens is 176 g/mol. The molecule has 0 radical (unpaired) electrons. The second-order valence-electron chi connectivity index (χ2n) is 3.06. The number of nitrogens with two attached hydrogens (primary N) is 1. The number of nitrogens with one attached hydrogen (secondary N) is 1. The lowest BCUT2D eigenvalue weighted by atomic mass is 10.1. The summed E-state index contributed by atoms with van der Waals surface area (Å²) in [4.78, 5) is 0. The fourth-order valence-electron chi connectivity index (χ4n) is 1.21. The monoisotopic (exact) mass is 192 g/mol. The topological polar surface area (TPSA) is 47.3 Å². The van der Waals surface area contributed by atoms with Crippen LogP contribution in [0.3, 0.4) is 0 Å². The zero-order valence-corrected chi connectivity index (χ0v) is 8.79. The van der Waals surface area contributed by atoms with Crippen molar-refractivity contribution >= 4 is 5.70 Å². The van der Waals surface area contributed by atoms with Crippen LogP contribution in [0.25, 0.3) is 5.70 Å². The highest BCUT2D eigenvalue weighted by Gasteiger charge is 2.03. The Hall–Kier alpha value is -1.64. The van der Waals surface area contributed by atoms with Gasteiger partial charge >= 0.3 is 0 Å². The van der Waals surface area contributed by atoms with E-state index in [1.165, 1.54) is 5.56 Å². The third-order valence-corrected chi connectivity index (χ3v) is 2.04. The third-order valence-electron chi connectivity index (χ3n) is 2.04. The van der Waals surface area contributed by atoms with Crippen molar-refractivity contribution in [2.75, 3.05) is 14.2 Å². The van der Waals surface area contributed by atoms with Crippen LogP contribution in [-0.4, -0.2) is 14.2 Å². The Morgan fingerprint density at radius 1 is 1.29 bits per heavy atom. The second-order valence-corrected chi connectivity index (χ2v) is 3.06. The smallest absolute Gasteiger partial charge is 0.210 e. The van der Waals surface area contributed by atoms with Gasteiger partial charge in [0.1, 0.15) is 0 Å². The predicted octanol–water partition coefficient (Wildman–Crippen LogP) is 1.45. The molecule has 0 aromatic heterocycles. The summed E-state index contributed by atoms with van der Waals surface area (Å²) < 4.78 is 5.09. The molecule has 0 unspecified atom stereocenters. The molecule has 1 aromatic rings. The van der Waals surface area contributed by atoms with E-state index >= 15 is 0 Å². The minimum absolute atomic E-state index is 0.592. The van der Waals surface area contributed by atoms with Crippen LogP contribution in [0.15, 0.2) is 30.1 Å². The molecule has 76 valence electrons. The summed E-state index contributed by atoms with van der Waals surface area (Å²) in [5.74, 6) is 0.592. The van der Waals surface area contributed by atoms with Crippen LogP contribution in [0.4, 0.5) is 0 Å². The van der Waals surface area contributed by atoms with E-state index in [0.29, 0.717) is 11.6 Å². The quantitative estimate of drug-likeness (QED) is 0.712. The first-order valence-corrected chi connectivity index (χ1v) is 4.47. The number of aryl methyl sites for hydroxylation is 1. The number of hydrogen-bond acceptors (Lipinski definition) is 3. The fourth-order valence-corrected chi connectivity index (χ4v) is 1.21. The van der Waals surface area contributed by atoms with E-state index in [-0.39, 0.29) is 0 Å². The van der Waals surface area contributed by atoms with E-state index in [1.807, 2.05) is 31.2 Å². The summed E-state index contributed by atoms with van der Waals surface area (Å²) in [5.41, 5.74) is 8.70. The van der Waals surface area contributed by atoms with E-state index in [9.17, 15) is 0 Å². The lowest BCUT2D eigenvalue weighted by Gasteiger charge is -2.09. The average Bonchev–Trinajstić information content (AvgIpc) is 2.20. The van der Waals surface area contributed by atoms with Gasteiger partial charge in [-0.25, -0.2) is 0 Å². The molecule has 0 heterocycles. The average molecular weight is 192 g/mol. The fraction of sp³-hybridized carbons (Fsp3) is 0.273. The minimum Gasteiger partial charge on any atom is -0.481 e. The number of methoxy groups -OCH3 is 1. The standard InChI is InChI=1S/C11H16N2O/c1-8-4-6-9(7-5-8)10(12)11(13-2)14-3/h4-7,13H,12H2,1-3H3/b11-10+. The van der Waals surface area contributed by atoms with Crippen molar-refractivity contribution in [2.45, 2.75) is 6.92 Å². The van der Waals surface area contributed by atoms with E-state index < -0.39 is 0 Å². The van der Waals surface area contributed by atoms with Crippen molar-refractivity contribution in [2.24, 2.45) is 5.73 Å². The molecule has 0 amide bonds. The van der Waals surface area contributed by atoms with Crippen molar-refractivity contribution in [3.05, 3.63) is 41.3 Å². The molecule has 0 bridgehead atoms. The Morgan fingerprint density at radius 2 is 1.86 bits per heavy atom. The van der Waals surface area contributed by atoms with E-state index in [1.54, 1.807) is 14.2 Å². The molecule has 0 saturated heterocycles. The molecule has 14 heavy (non-hydrogen) atoms. The molecule has 0 fully saturated rings. The van der Waals surface area contributed by atoms with Gasteiger partial charge in [0.2, 0.25) is 5.88 Å². The summed E-state index contributed by atoms with van der Waals surface area (Å²) in [6.07, 6.45) is 0. The first-order chi connectivity index (χ1) is 6.69. The molecule has 3 nitrogen and oxygen atoms in total. The molecule has 0 aliphatic carbocycles. The highest BCUT2D eigenvalue weighted by Crippen LogP contribution is 2.12. The molecule has 1 rings (SSSR count). The largest absolute Gasteiger partial charge is 0.481 e. The number of hydrogen-bond donors (Lipinski definition) is 2. The van der Waals surface area contributed by atoms with Gasteiger partial charge in [-0.15, -0.1) is 0 Å². The van der Waals surface area contributed by atoms with Crippen molar-refractivity contribution in [3.63, 3.8) is 0 Å². The van der Waals surface area contributed by atoms with Crippen LogP contribution in [-0.2, 0) is 4.74 Å². The van der Waals surface area contributed by atoms with Crippen LogP contribution < -0.4 is 11.1 Å². The normalized spacial score (nSPS) is 11.9. The van der Waals surface area contributed by atoms with Gasteiger partial charge in [-0.1, -0.05) is 29.8 Å². The van der Waals surface area contributed by atoms with E-state index in [0.717, 1.165) is 5.56 Å². The second kappa shape index (κ2) is 4.56. The van der Waals surface area contributed by atoms with Crippen LogP contribution >= 0.6 is 0 Å². The maximum absolute atomic E-state index is 5.90. The van der Waals surface area contributed by atoms with Gasteiger partial charge in [-0.05, 0) is 6.92 Å². The summed E-state index contributed by atoms with van der Waals surface area (Å²) >= 11 is 0. The summed E-state index contributed by atoms with van der Waals surface area (Å²) in [6, 6.07) is 7.98. The highest BCUT2D eigenvalue weighted by atomic mass is 16.5. The van der Waals surface area contributed by atoms with Gasteiger partial charge in [0.25, 0.3) is 0 Å². The van der Waals surface area contributed by atoms with Crippen LogP contribution in [0.5, 0.6) is 0 Å². The first-order valence-electron chi connectivity index (χ1n) is 4.47. The SMILES string of the molecule is CN/C(OC)=C(\N)c1ccc(C)cc1.